The van der Waals surface area contributed by atoms with Crippen LogP contribution in [-0.2, 0) is 19.3 Å². The number of hydrogen-bond donors (Lipinski definition) is 8. The zero-order valence-corrected chi connectivity index (χ0v) is 66.9. The lowest BCUT2D eigenvalue weighted by Gasteiger charge is -2.43. The van der Waals surface area contributed by atoms with Crippen LogP contribution in [0.25, 0.3) is 37.6 Å². The Kier molecular flexibility index (Phi) is 26.5. The van der Waals surface area contributed by atoms with Crippen molar-refractivity contribution in [3.63, 3.8) is 0 Å². The summed E-state index contributed by atoms with van der Waals surface area (Å²) in [4.78, 5) is 26.4. The quantitative estimate of drug-likeness (QED) is 0.0163. The molecule has 3 fully saturated rings. The number of aromatic nitrogens is 3. The molecule has 9 atom stereocenters. The summed E-state index contributed by atoms with van der Waals surface area (Å²) in [5.41, 5.74) is 13.1. The SMILES string of the molecule is CCCCN1CC([C@@H](O)c2ccc([C@@H]3c4[nH]c5ccccc5c4C[C@@H](C)N3CC(F)(F)CO)cc2OC)C1.CCCCN1CC([C@H](O)c2ccc([C@@H]3c4[nH]c5ccccc5c4C[C@@H](C)N3CC(F)(F)CO)cc2OC)C1.[C-]#[N+]c1cc([C@H](F)C2CN(CCCC)C2)ccc1[C@@H]1c2[nH]c3ccccc3c2C[C@@H](C)N1CC(F)(F)CO. The van der Waals surface area contributed by atoms with Crippen LogP contribution < -0.4 is 9.47 Å². The van der Waals surface area contributed by atoms with Gasteiger partial charge in [0.1, 0.15) is 37.5 Å². The van der Waals surface area contributed by atoms with Crippen LogP contribution >= 0.6 is 0 Å². The van der Waals surface area contributed by atoms with E-state index in [-0.39, 0.29) is 41.6 Å². The van der Waals surface area contributed by atoms with Gasteiger partial charge in [-0.3, -0.25) is 14.7 Å². The van der Waals surface area contributed by atoms with Crippen molar-refractivity contribution in [2.45, 2.75) is 172 Å². The molecule has 24 heteroatoms. The van der Waals surface area contributed by atoms with Crippen LogP contribution in [0.1, 0.15) is 184 Å². The lowest BCUT2D eigenvalue weighted by Crippen LogP contribution is -2.49. The van der Waals surface area contributed by atoms with Crippen molar-refractivity contribution >= 4 is 38.4 Å². The van der Waals surface area contributed by atoms with Gasteiger partial charge >= 0.3 is 0 Å². The van der Waals surface area contributed by atoms with Gasteiger partial charge in [0.05, 0.1) is 70.8 Å². The lowest BCUT2D eigenvalue weighted by molar-refractivity contribution is -0.0866. The van der Waals surface area contributed by atoms with E-state index < -0.39 is 93.7 Å². The number of rotatable bonds is 29. The molecule has 6 aliphatic heterocycles. The Morgan fingerprint density at radius 2 is 0.816 bits per heavy atom. The first kappa shape index (κ1) is 84.0. The molecular formula is C90H113F7N10O7. The number of aliphatic hydroxyl groups excluding tert-OH is 5. The maximum Gasteiger partial charge on any atom is 0.283 e. The first-order chi connectivity index (χ1) is 54.8. The number of fused-ring (bicyclic) bond motifs is 9. The van der Waals surface area contributed by atoms with Crippen LogP contribution in [-0.4, -0.2) is 218 Å². The second-order valence-corrected chi connectivity index (χ2v) is 33.0. The molecule has 17 nitrogen and oxygen atoms in total. The first-order valence-electron chi connectivity index (χ1n) is 40.8. The molecule has 3 saturated heterocycles. The maximum atomic E-state index is 15.5. The number of likely N-dealkylation sites (tertiary alicyclic amines) is 3. The number of nitrogens with one attached hydrogen (secondary N) is 3. The highest BCUT2D eigenvalue weighted by Crippen LogP contribution is 2.50. The van der Waals surface area contributed by atoms with E-state index in [0.29, 0.717) is 55.0 Å². The van der Waals surface area contributed by atoms with Crippen molar-refractivity contribution in [3.8, 4) is 11.5 Å². The first-order valence-corrected chi connectivity index (χ1v) is 40.8. The molecule has 0 spiro atoms. The zero-order valence-electron chi connectivity index (χ0n) is 66.9. The summed E-state index contributed by atoms with van der Waals surface area (Å²) in [6, 6.07) is 38.1. The van der Waals surface area contributed by atoms with E-state index in [1.54, 1.807) is 47.1 Å². The summed E-state index contributed by atoms with van der Waals surface area (Å²) < 4.78 is 114. The zero-order chi connectivity index (χ0) is 81.1. The highest BCUT2D eigenvalue weighted by Gasteiger charge is 2.47. The molecule has 9 heterocycles. The van der Waals surface area contributed by atoms with Gasteiger partial charge in [-0.25, -0.2) is 35.6 Å². The van der Waals surface area contributed by atoms with Crippen molar-refractivity contribution in [2.75, 3.05) is 113 Å². The van der Waals surface area contributed by atoms with Gasteiger partial charge in [-0.1, -0.05) is 137 Å². The number of alkyl halides is 7. The van der Waals surface area contributed by atoms with Crippen molar-refractivity contribution in [2.24, 2.45) is 17.8 Å². The third-order valence-electron chi connectivity index (χ3n) is 24.8. The predicted molar refractivity (Wildman–Crippen MR) is 433 cm³/mol. The number of nitrogens with zero attached hydrogens (tertiary/aromatic N) is 7. The smallest absolute Gasteiger partial charge is 0.283 e. The van der Waals surface area contributed by atoms with E-state index in [0.717, 1.165) is 173 Å². The molecule has 0 amide bonds. The molecule has 614 valence electrons. The maximum absolute atomic E-state index is 15.5. The molecule has 0 saturated carbocycles. The minimum atomic E-state index is -3.30. The predicted octanol–water partition coefficient (Wildman–Crippen LogP) is 16.2. The summed E-state index contributed by atoms with van der Waals surface area (Å²) in [5.74, 6) is -8.47. The summed E-state index contributed by atoms with van der Waals surface area (Å²) in [6.45, 7) is 22.7. The van der Waals surface area contributed by atoms with Crippen LogP contribution in [0.3, 0.4) is 0 Å². The number of aromatic amines is 3. The Labute approximate surface area is 664 Å². The summed E-state index contributed by atoms with van der Waals surface area (Å²) in [6.07, 6.45) is 6.15. The molecule has 3 aromatic heterocycles. The van der Waals surface area contributed by atoms with Gasteiger partial charge in [-0.15, -0.1) is 0 Å². The fourth-order valence-corrected chi connectivity index (χ4v) is 18.5. The van der Waals surface area contributed by atoms with Crippen LogP contribution in [0.5, 0.6) is 11.5 Å². The Morgan fingerprint density at radius 3 is 1.16 bits per heavy atom. The third kappa shape index (κ3) is 17.7. The standard InChI is InChI=1S/C30H35F3N4O.2C30H39F2N3O3/c1-4-5-12-36-15-21(16-36)27(31)20-10-11-23(26(14-20)34-3)29-28-24(22-8-6-7-9-25(22)35-28)13-19(2)37(29)17-30(32,33)18-38;2*1-4-5-12-34-15-21(16-34)29(37)23-11-10-20(14-26(23)38-3)28-27-24(22-8-6-7-9-25(22)33-27)13-19(2)35(28)17-30(31,32)18-36/h6-11,14,19,21,27,29,35,38H,4-5,12-13,15-18H2,1-2H3;2*6-11,14,19,21,28-29,33,36-37H,4-5,12-13,15-18H2,1-3H3/t19-,27+,29-;19-,28-,29+;19-,28-,29-/m111/s1. The van der Waals surface area contributed by atoms with Crippen molar-refractivity contribution in [1.82, 2.24) is 44.4 Å². The highest BCUT2D eigenvalue weighted by molar-refractivity contribution is 5.87. The molecule has 0 unspecified atom stereocenters. The minimum absolute atomic E-state index is 0.106. The molecule has 6 aromatic carbocycles. The van der Waals surface area contributed by atoms with E-state index in [1.807, 2.05) is 118 Å². The normalized spacial score (nSPS) is 21.8. The van der Waals surface area contributed by atoms with Gasteiger partial charge in [-0.05, 0) is 148 Å². The van der Waals surface area contributed by atoms with E-state index in [1.165, 1.54) is 0 Å². The highest BCUT2D eigenvalue weighted by atomic mass is 19.3. The Bertz CT molecular complexity index is 4580. The van der Waals surface area contributed by atoms with Crippen molar-refractivity contribution < 1.29 is 65.7 Å². The Morgan fingerprint density at radius 1 is 0.474 bits per heavy atom. The Balaban J connectivity index is 0.000000149. The second kappa shape index (κ2) is 35.9. The molecule has 15 rings (SSSR count). The number of aliphatic hydroxyl groups is 5. The monoisotopic (exact) mass is 1580 g/mol. The molecule has 0 aliphatic carbocycles. The molecular weight excluding hydrogens is 1470 g/mol. The van der Waals surface area contributed by atoms with Gasteiger partial charge < -0.3 is 64.7 Å². The molecule has 8 N–H and O–H groups in total. The van der Waals surface area contributed by atoms with Gasteiger partial charge in [0.15, 0.2) is 5.69 Å². The van der Waals surface area contributed by atoms with Crippen LogP contribution in [0.15, 0.2) is 127 Å². The van der Waals surface area contributed by atoms with Gasteiger partial charge in [-0.2, -0.15) is 0 Å². The average Bonchev–Trinajstić information content (AvgIpc) is 1.56. The van der Waals surface area contributed by atoms with Gasteiger partial charge in [0.2, 0.25) is 0 Å². The summed E-state index contributed by atoms with van der Waals surface area (Å²) in [5, 5.41) is 53.7. The summed E-state index contributed by atoms with van der Waals surface area (Å²) in [7, 11) is 3.17. The topological polar surface area (TPSA) is 191 Å². The molecule has 9 aromatic rings. The lowest BCUT2D eigenvalue weighted by atomic mass is 9.85. The largest absolute Gasteiger partial charge is 0.496 e. The number of methoxy groups -OCH3 is 2. The number of H-pyrrole nitrogens is 3. The summed E-state index contributed by atoms with van der Waals surface area (Å²) >= 11 is 0. The third-order valence-corrected chi connectivity index (χ3v) is 24.8. The van der Waals surface area contributed by atoms with E-state index >= 15 is 4.39 Å². The van der Waals surface area contributed by atoms with Crippen LogP contribution in [0, 0.1) is 24.3 Å². The van der Waals surface area contributed by atoms with Gasteiger partial charge in [0.25, 0.3) is 17.8 Å². The van der Waals surface area contributed by atoms with E-state index in [4.69, 9.17) is 16.0 Å². The minimum Gasteiger partial charge on any atom is -0.496 e. The number of unbranched alkanes of at least 4 members (excludes halogenated alkanes) is 3. The van der Waals surface area contributed by atoms with E-state index in [2.05, 4.69) is 67.4 Å². The van der Waals surface area contributed by atoms with Crippen molar-refractivity contribution in [3.05, 3.63) is 206 Å². The van der Waals surface area contributed by atoms with E-state index in [9.17, 15) is 51.9 Å². The molecule has 0 radical (unpaired) electrons. The molecule has 0 bridgehead atoms. The average molecular weight is 1580 g/mol. The second-order valence-electron chi connectivity index (χ2n) is 33.0. The van der Waals surface area contributed by atoms with Crippen LogP contribution in [0.2, 0.25) is 0 Å². The number of para-hydroxylation sites is 3. The van der Waals surface area contributed by atoms with Crippen LogP contribution in [0.4, 0.5) is 36.4 Å². The Hall–Kier alpha value is -7.90. The molecule has 6 aliphatic rings. The van der Waals surface area contributed by atoms with Gasteiger partial charge in [0, 0.05) is 136 Å². The number of ether oxygens (including phenoxy) is 2. The number of benzene rings is 6. The number of hydrogen-bond acceptors (Lipinski definition) is 13. The molecule has 114 heavy (non-hydrogen) atoms. The number of halogens is 7. The fraction of sp³-hybridized carbons (Fsp3) is 0.522. The fourth-order valence-electron chi connectivity index (χ4n) is 18.5. The van der Waals surface area contributed by atoms with Crippen molar-refractivity contribution in [1.29, 1.82) is 0 Å².